The quantitative estimate of drug-likeness (QED) is 0.463. The molecular formula is C23H40N2O. The van der Waals surface area contributed by atoms with Crippen LogP contribution in [0.25, 0.3) is 0 Å². The molecule has 1 fully saturated rings. The van der Waals surface area contributed by atoms with Gasteiger partial charge in [-0.05, 0) is 44.5 Å². The maximum absolute atomic E-state index is 10.9. The van der Waals surface area contributed by atoms with E-state index in [0.29, 0.717) is 0 Å². The summed E-state index contributed by atoms with van der Waals surface area (Å²) in [5.74, 6) is 0. The molecule has 0 aromatic heterocycles. The van der Waals surface area contributed by atoms with Crippen molar-refractivity contribution in [3.05, 3.63) is 35.9 Å². The predicted molar refractivity (Wildman–Crippen MR) is 111 cm³/mol. The molecule has 0 spiro atoms. The minimum absolute atomic E-state index is 0.125. The van der Waals surface area contributed by atoms with Gasteiger partial charge in [-0.3, -0.25) is 0 Å². The number of benzene rings is 1. The number of likely N-dealkylation sites (tertiary alicyclic amines) is 1. The highest BCUT2D eigenvalue weighted by Crippen LogP contribution is 2.19. The van der Waals surface area contributed by atoms with Crippen molar-refractivity contribution in [1.29, 1.82) is 0 Å². The van der Waals surface area contributed by atoms with Gasteiger partial charge in [0.15, 0.2) is 0 Å². The fourth-order valence-electron chi connectivity index (χ4n) is 3.95. The van der Waals surface area contributed by atoms with Crippen LogP contribution in [0.15, 0.2) is 30.3 Å². The molecule has 0 unspecified atom stereocenters. The molecule has 1 saturated heterocycles. The molecule has 1 aliphatic heterocycles. The van der Waals surface area contributed by atoms with Crippen LogP contribution in [-0.4, -0.2) is 42.2 Å². The van der Waals surface area contributed by atoms with Crippen LogP contribution in [0.5, 0.6) is 0 Å². The first-order chi connectivity index (χ1) is 12.8. The fraction of sp³-hybridized carbons (Fsp3) is 0.739. The molecule has 1 heterocycles. The van der Waals surface area contributed by atoms with Crippen molar-refractivity contribution in [1.82, 2.24) is 10.2 Å². The van der Waals surface area contributed by atoms with Gasteiger partial charge in [-0.25, -0.2) is 0 Å². The van der Waals surface area contributed by atoms with Crippen LogP contribution in [0.1, 0.15) is 82.8 Å². The third-order valence-electron chi connectivity index (χ3n) is 5.61. The monoisotopic (exact) mass is 360 g/mol. The van der Waals surface area contributed by atoms with E-state index in [1.165, 1.54) is 77.3 Å². The normalized spacial score (nSPS) is 17.5. The van der Waals surface area contributed by atoms with Gasteiger partial charge in [0.25, 0.3) is 0 Å². The zero-order chi connectivity index (χ0) is 18.5. The Balaban J connectivity index is 1.70. The van der Waals surface area contributed by atoms with Crippen LogP contribution in [0.3, 0.4) is 0 Å². The molecular weight excluding hydrogens is 320 g/mol. The van der Waals surface area contributed by atoms with Crippen molar-refractivity contribution in [3.8, 4) is 0 Å². The van der Waals surface area contributed by atoms with Gasteiger partial charge in [-0.1, -0.05) is 82.2 Å². The van der Waals surface area contributed by atoms with Gasteiger partial charge in [0.1, 0.15) is 0 Å². The SMILES string of the molecule is CCCCCCCCCCN[C@H](CN1CCCC1)[C@H](O)c1ccccc1. The standard InChI is InChI=1S/C23H40N2O/c1-2-3-4-5-6-7-8-12-17-24-22(20-25-18-13-14-19-25)23(26)21-15-10-9-11-16-21/h9-11,15-16,22-24,26H,2-8,12-14,17-20H2,1H3/t22-,23-/m1/s1. The number of hydrogen-bond acceptors (Lipinski definition) is 3. The van der Waals surface area contributed by atoms with E-state index < -0.39 is 6.10 Å². The zero-order valence-electron chi connectivity index (χ0n) is 16.8. The topological polar surface area (TPSA) is 35.5 Å². The van der Waals surface area contributed by atoms with Crippen molar-refractivity contribution in [2.75, 3.05) is 26.2 Å². The molecule has 1 aromatic carbocycles. The minimum atomic E-state index is -0.425. The van der Waals surface area contributed by atoms with Crippen molar-refractivity contribution >= 4 is 0 Å². The average Bonchev–Trinajstić information content (AvgIpc) is 3.19. The smallest absolute Gasteiger partial charge is 0.0955 e. The van der Waals surface area contributed by atoms with Crippen LogP contribution in [-0.2, 0) is 0 Å². The molecule has 1 aromatic rings. The molecule has 3 heteroatoms. The lowest BCUT2D eigenvalue weighted by molar-refractivity contribution is 0.106. The summed E-state index contributed by atoms with van der Waals surface area (Å²) in [6.07, 6.45) is 12.9. The maximum atomic E-state index is 10.9. The number of aliphatic hydroxyl groups excluding tert-OH is 1. The summed E-state index contributed by atoms with van der Waals surface area (Å²) in [6, 6.07) is 10.3. The number of aliphatic hydroxyl groups is 1. The van der Waals surface area contributed by atoms with Crippen molar-refractivity contribution < 1.29 is 5.11 Å². The molecule has 1 aliphatic rings. The van der Waals surface area contributed by atoms with Crippen LogP contribution in [0, 0.1) is 0 Å². The summed E-state index contributed by atoms with van der Waals surface area (Å²) in [5, 5.41) is 14.5. The molecule has 26 heavy (non-hydrogen) atoms. The summed E-state index contributed by atoms with van der Waals surface area (Å²) in [7, 11) is 0. The van der Waals surface area contributed by atoms with E-state index in [1.54, 1.807) is 0 Å². The lowest BCUT2D eigenvalue weighted by Crippen LogP contribution is -2.44. The first-order valence-electron chi connectivity index (χ1n) is 11.0. The largest absolute Gasteiger partial charge is 0.387 e. The van der Waals surface area contributed by atoms with Gasteiger partial charge in [0, 0.05) is 12.6 Å². The van der Waals surface area contributed by atoms with Gasteiger partial charge >= 0.3 is 0 Å². The van der Waals surface area contributed by atoms with Gasteiger partial charge in [-0.2, -0.15) is 0 Å². The Morgan fingerprint density at radius 1 is 0.923 bits per heavy atom. The number of nitrogens with zero attached hydrogens (tertiary/aromatic N) is 1. The second-order valence-electron chi connectivity index (χ2n) is 7.90. The van der Waals surface area contributed by atoms with E-state index in [-0.39, 0.29) is 6.04 Å². The van der Waals surface area contributed by atoms with Crippen molar-refractivity contribution in [3.63, 3.8) is 0 Å². The molecule has 0 aliphatic carbocycles. The average molecular weight is 361 g/mol. The predicted octanol–water partition coefficient (Wildman–Crippen LogP) is 4.91. The molecule has 2 N–H and O–H groups in total. The van der Waals surface area contributed by atoms with E-state index in [4.69, 9.17) is 0 Å². The number of rotatable bonds is 14. The summed E-state index contributed by atoms with van der Waals surface area (Å²) in [5.41, 5.74) is 1.03. The molecule has 3 nitrogen and oxygen atoms in total. The van der Waals surface area contributed by atoms with Crippen molar-refractivity contribution in [2.24, 2.45) is 0 Å². The number of nitrogens with one attached hydrogen (secondary N) is 1. The summed E-state index contributed by atoms with van der Waals surface area (Å²) in [4.78, 5) is 2.50. The Kier molecular flexibility index (Phi) is 10.9. The minimum Gasteiger partial charge on any atom is -0.387 e. The Morgan fingerprint density at radius 2 is 1.54 bits per heavy atom. The number of hydrogen-bond donors (Lipinski definition) is 2. The van der Waals surface area contributed by atoms with Gasteiger partial charge in [-0.15, -0.1) is 0 Å². The second kappa shape index (κ2) is 13.3. The van der Waals surface area contributed by atoms with Gasteiger partial charge < -0.3 is 15.3 Å². The van der Waals surface area contributed by atoms with Gasteiger partial charge in [0.05, 0.1) is 6.10 Å². The second-order valence-corrected chi connectivity index (χ2v) is 7.90. The highest BCUT2D eigenvalue weighted by atomic mass is 16.3. The van der Waals surface area contributed by atoms with Crippen LogP contribution in [0.2, 0.25) is 0 Å². The van der Waals surface area contributed by atoms with E-state index in [0.717, 1.165) is 18.7 Å². The summed E-state index contributed by atoms with van der Waals surface area (Å²) >= 11 is 0. The Hall–Kier alpha value is -0.900. The van der Waals surface area contributed by atoms with E-state index in [9.17, 15) is 5.11 Å². The van der Waals surface area contributed by atoms with Gasteiger partial charge in [0.2, 0.25) is 0 Å². The first kappa shape index (κ1) is 21.4. The molecule has 0 amide bonds. The van der Waals surface area contributed by atoms with E-state index in [1.807, 2.05) is 30.3 Å². The van der Waals surface area contributed by atoms with Crippen molar-refractivity contribution in [2.45, 2.75) is 83.3 Å². The van der Waals surface area contributed by atoms with Crippen LogP contribution >= 0.6 is 0 Å². The molecule has 0 saturated carbocycles. The molecule has 2 rings (SSSR count). The third kappa shape index (κ3) is 8.20. The number of unbranched alkanes of at least 4 members (excludes halogenated alkanes) is 7. The van der Waals surface area contributed by atoms with Crippen LogP contribution < -0.4 is 5.32 Å². The lowest BCUT2D eigenvalue weighted by atomic mass is 10.0. The summed E-state index contributed by atoms with van der Waals surface area (Å²) in [6.45, 7) is 6.59. The van der Waals surface area contributed by atoms with E-state index >= 15 is 0 Å². The Morgan fingerprint density at radius 3 is 2.19 bits per heavy atom. The highest BCUT2D eigenvalue weighted by Gasteiger charge is 2.24. The molecule has 0 radical (unpaired) electrons. The maximum Gasteiger partial charge on any atom is 0.0955 e. The zero-order valence-corrected chi connectivity index (χ0v) is 16.8. The fourth-order valence-corrected chi connectivity index (χ4v) is 3.95. The Bertz CT molecular complexity index is 445. The summed E-state index contributed by atoms with van der Waals surface area (Å²) < 4.78 is 0. The highest BCUT2D eigenvalue weighted by molar-refractivity contribution is 5.19. The molecule has 2 atom stereocenters. The first-order valence-corrected chi connectivity index (χ1v) is 11.0. The van der Waals surface area contributed by atoms with E-state index in [2.05, 4.69) is 17.1 Å². The third-order valence-corrected chi connectivity index (χ3v) is 5.61. The molecule has 0 bridgehead atoms. The van der Waals surface area contributed by atoms with Crippen LogP contribution in [0.4, 0.5) is 0 Å². The molecule has 148 valence electrons. The Labute approximate surface area is 161 Å². The lowest BCUT2D eigenvalue weighted by Gasteiger charge is -2.29.